The molecule has 7 nitrogen and oxygen atoms in total. The van der Waals surface area contributed by atoms with E-state index in [1.807, 2.05) is 26.0 Å². The summed E-state index contributed by atoms with van der Waals surface area (Å²) in [5, 5.41) is 2.91. The zero-order valence-corrected chi connectivity index (χ0v) is 15.1. The standard InChI is InChI=1S/C18H28N4O3/c1-15(2)14-25-18(24)22-8-4-7-21(9-10-22)13-17(23)20-12-16-5-3-6-19-11-16/h3,5-6,11,15H,4,7-10,12-14H2,1-2H3,(H,20,23). The highest BCUT2D eigenvalue weighted by Gasteiger charge is 2.21. The minimum atomic E-state index is -0.253. The Morgan fingerprint density at radius 2 is 2.12 bits per heavy atom. The summed E-state index contributed by atoms with van der Waals surface area (Å²) in [5.74, 6) is 0.315. The highest BCUT2D eigenvalue weighted by molar-refractivity contribution is 5.78. The lowest BCUT2D eigenvalue weighted by Gasteiger charge is -2.21. The van der Waals surface area contributed by atoms with Gasteiger partial charge in [-0.3, -0.25) is 14.7 Å². The largest absolute Gasteiger partial charge is 0.449 e. The van der Waals surface area contributed by atoms with Crippen LogP contribution in [0.2, 0.25) is 0 Å². The molecule has 0 bridgehead atoms. The molecule has 0 atom stereocenters. The van der Waals surface area contributed by atoms with Gasteiger partial charge in [-0.15, -0.1) is 0 Å². The first-order valence-corrected chi connectivity index (χ1v) is 8.84. The van der Waals surface area contributed by atoms with E-state index in [0.717, 1.165) is 18.5 Å². The third-order valence-electron chi connectivity index (χ3n) is 3.97. The van der Waals surface area contributed by atoms with Gasteiger partial charge in [-0.25, -0.2) is 4.79 Å². The molecule has 0 radical (unpaired) electrons. The van der Waals surface area contributed by atoms with Gasteiger partial charge in [0.25, 0.3) is 0 Å². The Balaban J connectivity index is 1.71. The molecule has 1 fully saturated rings. The summed E-state index contributed by atoms with van der Waals surface area (Å²) in [7, 11) is 0. The summed E-state index contributed by atoms with van der Waals surface area (Å²) in [6.07, 6.45) is 4.04. The highest BCUT2D eigenvalue weighted by atomic mass is 16.6. The fourth-order valence-electron chi connectivity index (χ4n) is 2.60. The van der Waals surface area contributed by atoms with Crippen LogP contribution in [0, 0.1) is 5.92 Å². The van der Waals surface area contributed by atoms with Crippen molar-refractivity contribution in [3.05, 3.63) is 30.1 Å². The predicted octanol–water partition coefficient (Wildman–Crippen LogP) is 1.50. The summed E-state index contributed by atoms with van der Waals surface area (Å²) >= 11 is 0. The van der Waals surface area contributed by atoms with Crippen molar-refractivity contribution in [2.75, 3.05) is 39.3 Å². The van der Waals surface area contributed by atoms with Crippen LogP contribution < -0.4 is 5.32 Å². The molecule has 2 amide bonds. The van der Waals surface area contributed by atoms with Crippen molar-refractivity contribution >= 4 is 12.0 Å². The van der Waals surface area contributed by atoms with Crippen LogP contribution in [-0.4, -0.2) is 66.1 Å². The zero-order chi connectivity index (χ0) is 18.1. The number of carbonyl (C=O) groups is 2. The average Bonchev–Trinajstić information content (AvgIpc) is 2.84. The maximum atomic E-state index is 12.1. The Hall–Kier alpha value is -2.15. The van der Waals surface area contributed by atoms with Crippen LogP contribution in [0.3, 0.4) is 0 Å². The number of amides is 2. The molecule has 1 N–H and O–H groups in total. The van der Waals surface area contributed by atoms with Gasteiger partial charge >= 0.3 is 6.09 Å². The molecule has 25 heavy (non-hydrogen) atoms. The quantitative estimate of drug-likeness (QED) is 0.843. The van der Waals surface area contributed by atoms with E-state index in [2.05, 4.69) is 15.2 Å². The molecule has 1 aromatic heterocycles. The van der Waals surface area contributed by atoms with Crippen molar-refractivity contribution in [3.8, 4) is 0 Å². The van der Waals surface area contributed by atoms with Gasteiger partial charge in [-0.1, -0.05) is 19.9 Å². The Bertz CT molecular complexity index is 551. The molecular formula is C18H28N4O3. The molecular weight excluding hydrogens is 320 g/mol. The number of carbonyl (C=O) groups excluding carboxylic acids is 2. The van der Waals surface area contributed by atoms with Gasteiger partial charge in [0.1, 0.15) is 0 Å². The van der Waals surface area contributed by atoms with Crippen LogP contribution >= 0.6 is 0 Å². The van der Waals surface area contributed by atoms with E-state index < -0.39 is 0 Å². The van der Waals surface area contributed by atoms with E-state index in [9.17, 15) is 9.59 Å². The number of ether oxygens (including phenoxy) is 1. The van der Waals surface area contributed by atoms with Gasteiger partial charge in [-0.05, 0) is 24.0 Å². The van der Waals surface area contributed by atoms with Gasteiger partial charge < -0.3 is 15.0 Å². The Labute approximate surface area is 149 Å². The lowest BCUT2D eigenvalue weighted by molar-refractivity contribution is -0.122. The van der Waals surface area contributed by atoms with E-state index >= 15 is 0 Å². The maximum absolute atomic E-state index is 12.1. The molecule has 0 saturated carbocycles. The fraction of sp³-hybridized carbons (Fsp3) is 0.611. The molecule has 2 rings (SSSR count). The van der Waals surface area contributed by atoms with E-state index in [1.165, 1.54) is 0 Å². The lowest BCUT2D eigenvalue weighted by atomic mass is 10.2. The van der Waals surface area contributed by atoms with Crippen LogP contribution in [0.15, 0.2) is 24.5 Å². The first-order valence-electron chi connectivity index (χ1n) is 8.84. The average molecular weight is 348 g/mol. The van der Waals surface area contributed by atoms with E-state index in [-0.39, 0.29) is 12.0 Å². The lowest BCUT2D eigenvalue weighted by Crippen LogP contribution is -2.40. The Morgan fingerprint density at radius 1 is 1.28 bits per heavy atom. The molecule has 0 spiro atoms. The molecule has 2 heterocycles. The molecule has 0 unspecified atom stereocenters. The van der Waals surface area contributed by atoms with Crippen LogP contribution in [0.1, 0.15) is 25.8 Å². The molecule has 138 valence electrons. The zero-order valence-electron chi connectivity index (χ0n) is 15.1. The summed E-state index contributed by atoms with van der Waals surface area (Å²) in [6.45, 7) is 8.03. The van der Waals surface area contributed by atoms with Crippen LogP contribution in [0.25, 0.3) is 0 Å². The van der Waals surface area contributed by atoms with Crippen LogP contribution in [0.4, 0.5) is 4.79 Å². The number of rotatable bonds is 6. The number of nitrogens with one attached hydrogen (secondary N) is 1. The van der Waals surface area contributed by atoms with Gasteiger partial charge in [0.15, 0.2) is 0 Å². The van der Waals surface area contributed by atoms with Crippen molar-refractivity contribution < 1.29 is 14.3 Å². The Morgan fingerprint density at radius 3 is 2.84 bits per heavy atom. The number of aromatic nitrogens is 1. The predicted molar refractivity (Wildman–Crippen MR) is 94.9 cm³/mol. The first kappa shape index (κ1) is 19.2. The first-order chi connectivity index (χ1) is 12.0. The molecule has 0 aromatic carbocycles. The van der Waals surface area contributed by atoms with E-state index in [1.54, 1.807) is 17.3 Å². The molecule has 7 heteroatoms. The topological polar surface area (TPSA) is 74.8 Å². The summed E-state index contributed by atoms with van der Waals surface area (Å²) in [5.41, 5.74) is 0.978. The van der Waals surface area contributed by atoms with Gasteiger partial charge in [0.2, 0.25) is 5.91 Å². The second-order valence-corrected chi connectivity index (χ2v) is 6.73. The summed E-state index contributed by atoms with van der Waals surface area (Å²) in [4.78, 5) is 32.0. The van der Waals surface area contributed by atoms with E-state index in [4.69, 9.17) is 4.74 Å². The minimum absolute atomic E-state index is 0.0142. The molecule has 1 saturated heterocycles. The monoisotopic (exact) mass is 348 g/mol. The van der Waals surface area contributed by atoms with Crippen LogP contribution in [-0.2, 0) is 16.1 Å². The SMILES string of the molecule is CC(C)COC(=O)N1CCCN(CC(=O)NCc2cccnc2)CC1. The van der Waals surface area contributed by atoms with Gasteiger partial charge in [-0.2, -0.15) is 0 Å². The van der Waals surface area contributed by atoms with E-state index in [0.29, 0.717) is 45.2 Å². The minimum Gasteiger partial charge on any atom is -0.449 e. The number of pyridine rings is 1. The summed E-state index contributed by atoms with van der Waals surface area (Å²) in [6, 6.07) is 3.78. The molecule has 1 aliphatic heterocycles. The van der Waals surface area contributed by atoms with Crippen molar-refractivity contribution in [1.82, 2.24) is 20.1 Å². The number of hydrogen-bond acceptors (Lipinski definition) is 5. The Kier molecular flexibility index (Phi) is 7.66. The summed E-state index contributed by atoms with van der Waals surface area (Å²) < 4.78 is 5.29. The smallest absolute Gasteiger partial charge is 0.409 e. The van der Waals surface area contributed by atoms with Crippen molar-refractivity contribution in [2.24, 2.45) is 5.92 Å². The molecule has 0 aliphatic carbocycles. The third kappa shape index (κ3) is 7.09. The van der Waals surface area contributed by atoms with Crippen molar-refractivity contribution in [3.63, 3.8) is 0 Å². The third-order valence-corrected chi connectivity index (χ3v) is 3.97. The second-order valence-electron chi connectivity index (χ2n) is 6.73. The molecule has 1 aromatic rings. The second kappa shape index (κ2) is 9.98. The van der Waals surface area contributed by atoms with Crippen molar-refractivity contribution in [1.29, 1.82) is 0 Å². The molecule has 1 aliphatic rings. The number of hydrogen-bond donors (Lipinski definition) is 1. The van der Waals surface area contributed by atoms with Gasteiger partial charge in [0, 0.05) is 45.1 Å². The van der Waals surface area contributed by atoms with Crippen molar-refractivity contribution in [2.45, 2.75) is 26.8 Å². The van der Waals surface area contributed by atoms with Crippen LogP contribution in [0.5, 0.6) is 0 Å². The fourth-order valence-corrected chi connectivity index (χ4v) is 2.60. The normalized spacial score (nSPS) is 15.7. The number of nitrogens with zero attached hydrogens (tertiary/aromatic N) is 3. The van der Waals surface area contributed by atoms with Gasteiger partial charge in [0.05, 0.1) is 13.2 Å². The highest BCUT2D eigenvalue weighted by Crippen LogP contribution is 2.06. The maximum Gasteiger partial charge on any atom is 0.409 e.